The van der Waals surface area contributed by atoms with Crippen LogP contribution in [0.4, 0.5) is 4.79 Å². The first kappa shape index (κ1) is 14.6. The molecule has 0 unspecified atom stereocenters. The Labute approximate surface area is 119 Å². The highest BCUT2D eigenvalue weighted by Gasteiger charge is 2.49. The number of carbonyl (C=O) groups excluding carboxylic acids is 2. The zero-order valence-corrected chi connectivity index (χ0v) is 12.3. The molecule has 2 amide bonds. The number of rotatable bonds is 4. The highest BCUT2D eigenvalue weighted by Crippen LogP contribution is 2.32. The van der Waals surface area contributed by atoms with Crippen LogP contribution in [-0.4, -0.2) is 28.5 Å². The van der Waals surface area contributed by atoms with E-state index in [-0.39, 0.29) is 11.9 Å². The van der Waals surface area contributed by atoms with E-state index in [4.69, 9.17) is 4.74 Å². The van der Waals surface area contributed by atoms with E-state index >= 15 is 0 Å². The van der Waals surface area contributed by atoms with E-state index in [2.05, 4.69) is 0 Å². The van der Waals surface area contributed by atoms with Gasteiger partial charge in [-0.25, -0.2) is 9.69 Å². The molecule has 20 heavy (non-hydrogen) atoms. The molecule has 4 nitrogen and oxygen atoms in total. The lowest BCUT2D eigenvalue weighted by atomic mass is 9.92. The van der Waals surface area contributed by atoms with Gasteiger partial charge >= 0.3 is 6.09 Å². The van der Waals surface area contributed by atoms with Gasteiger partial charge in [0.1, 0.15) is 5.60 Å². The summed E-state index contributed by atoms with van der Waals surface area (Å²) in [5, 5.41) is 0. The van der Waals surface area contributed by atoms with Crippen molar-refractivity contribution in [1.82, 2.24) is 4.90 Å². The molecule has 108 valence electrons. The van der Waals surface area contributed by atoms with Crippen LogP contribution in [0.5, 0.6) is 0 Å². The van der Waals surface area contributed by atoms with E-state index in [9.17, 15) is 9.59 Å². The molecule has 1 aliphatic rings. The van der Waals surface area contributed by atoms with Crippen molar-refractivity contribution in [2.24, 2.45) is 0 Å². The van der Waals surface area contributed by atoms with E-state index in [0.717, 1.165) is 12.0 Å². The molecule has 0 aliphatic carbocycles. The third kappa shape index (κ3) is 2.84. The van der Waals surface area contributed by atoms with Gasteiger partial charge in [-0.3, -0.25) is 4.79 Å². The maximum atomic E-state index is 12.2. The zero-order chi connectivity index (χ0) is 14.8. The first-order valence-electron chi connectivity index (χ1n) is 7.04. The van der Waals surface area contributed by atoms with Crippen LogP contribution in [0.25, 0.3) is 0 Å². The average Bonchev–Trinajstić information content (AvgIpc) is 2.60. The Kier molecular flexibility index (Phi) is 4.12. The van der Waals surface area contributed by atoms with Crippen LogP contribution < -0.4 is 0 Å². The van der Waals surface area contributed by atoms with Gasteiger partial charge in [-0.2, -0.15) is 0 Å². The number of nitrogens with zero attached hydrogens (tertiary/aromatic N) is 1. The van der Waals surface area contributed by atoms with E-state index in [1.165, 1.54) is 4.90 Å². The van der Waals surface area contributed by atoms with Crippen LogP contribution in [0.3, 0.4) is 0 Å². The Bertz CT molecular complexity index is 496. The molecular weight excluding hydrogens is 254 g/mol. The summed E-state index contributed by atoms with van der Waals surface area (Å²) in [4.78, 5) is 25.5. The van der Waals surface area contributed by atoms with Gasteiger partial charge in [-0.15, -0.1) is 0 Å². The summed E-state index contributed by atoms with van der Waals surface area (Å²) in [6, 6.07) is 9.61. The van der Waals surface area contributed by atoms with Gasteiger partial charge in [0.05, 0.1) is 6.04 Å². The summed E-state index contributed by atoms with van der Waals surface area (Å²) in [6.07, 6.45) is 1.20. The van der Waals surface area contributed by atoms with Crippen LogP contribution in [0.2, 0.25) is 0 Å². The third-order valence-electron chi connectivity index (χ3n) is 3.67. The minimum atomic E-state index is -0.656. The van der Waals surface area contributed by atoms with Gasteiger partial charge in [0.25, 0.3) is 0 Å². The van der Waals surface area contributed by atoms with E-state index in [0.29, 0.717) is 12.8 Å². The number of benzene rings is 1. The fraction of sp³-hybridized carbons (Fsp3) is 0.500. The average molecular weight is 275 g/mol. The number of amides is 2. The standard InChI is InChI=1S/C16H21NO3/c1-4-8-14(18)17-13(16(2,3)20-15(17)19)11-12-9-6-5-7-10-12/h5-7,9-10,13H,4,8,11H2,1-3H3/t13-/m0/s1. The van der Waals surface area contributed by atoms with Crippen LogP contribution in [0.15, 0.2) is 30.3 Å². The van der Waals surface area contributed by atoms with Gasteiger partial charge in [0.2, 0.25) is 5.91 Å². The molecule has 1 aromatic carbocycles. The highest BCUT2D eigenvalue weighted by atomic mass is 16.6. The van der Waals surface area contributed by atoms with Crippen LogP contribution >= 0.6 is 0 Å². The van der Waals surface area contributed by atoms with Crippen molar-refractivity contribution >= 4 is 12.0 Å². The normalized spacial score (nSPS) is 20.9. The van der Waals surface area contributed by atoms with Gasteiger partial charge in [-0.05, 0) is 32.3 Å². The molecular formula is C16H21NO3. The lowest BCUT2D eigenvalue weighted by molar-refractivity contribution is -0.129. The molecule has 0 radical (unpaired) electrons. The number of hydrogen-bond acceptors (Lipinski definition) is 3. The van der Waals surface area contributed by atoms with Crippen LogP contribution in [0, 0.1) is 0 Å². The Morgan fingerprint density at radius 1 is 1.30 bits per heavy atom. The number of carbonyl (C=O) groups is 2. The molecule has 1 fully saturated rings. The van der Waals surface area contributed by atoms with Crippen molar-refractivity contribution in [2.45, 2.75) is 51.7 Å². The molecule has 2 rings (SSSR count). The number of hydrogen-bond donors (Lipinski definition) is 0. The molecule has 1 heterocycles. The Morgan fingerprint density at radius 2 is 1.95 bits per heavy atom. The first-order chi connectivity index (χ1) is 9.45. The molecule has 0 bridgehead atoms. The highest BCUT2D eigenvalue weighted by molar-refractivity contribution is 5.94. The molecule has 4 heteroatoms. The monoisotopic (exact) mass is 275 g/mol. The Morgan fingerprint density at radius 3 is 2.55 bits per heavy atom. The lowest BCUT2D eigenvalue weighted by Crippen LogP contribution is -2.46. The largest absolute Gasteiger partial charge is 0.441 e. The van der Waals surface area contributed by atoms with E-state index in [1.54, 1.807) is 0 Å². The van der Waals surface area contributed by atoms with Crippen molar-refractivity contribution < 1.29 is 14.3 Å². The fourth-order valence-electron chi connectivity index (χ4n) is 2.56. The molecule has 1 atom stereocenters. The summed E-state index contributed by atoms with van der Waals surface area (Å²) in [6.45, 7) is 5.64. The van der Waals surface area contributed by atoms with E-state index < -0.39 is 11.7 Å². The molecule has 1 aromatic rings. The van der Waals surface area contributed by atoms with Crippen molar-refractivity contribution in [3.8, 4) is 0 Å². The second-order valence-corrected chi connectivity index (χ2v) is 5.69. The molecule has 0 N–H and O–H groups in total. The minimum absolute atomic E-state index is 0.149. The third-order valence-corrected chi connectivity index (χ3v) is 3.67. The molecule has 1 saturated heterocycles. The molecule has 0 aromatic heterocycles. The second kappa shape index (κ2) is 5.65. The van der Waals surface area contributed by atoms with Gasteiger partial charge in [-0.1, -0.05) is 37.3 Å². The summed E-state index contributed by atoms with van der Waals surface area (Å²) in [5.74, 6) is -0.149. The van der Waals surface area contributed by atoms with Gasteiger partial charge in [0, 0.05) is 6.42 Å². The molecule has 1 aliphatic heterocycles. The number of imide groups is 1. The maximum Gasteiger partial charge on any atom is 0.417 e. The van der Waals surface area contributed by atoms with Crippen molar-refractivity contribution in [2.75, 3.05) is 0 Å². The van der Waals surface area contributed by atoms with Crippen molar-refractivity contribution in [3.63, 3.8) is 0 Å². The summed E-state index contributed by atoms with van der Waals surface area (Å²) >= 11 is 0. The van der Waals surface area contributed by atoms with Crippen molar-refractivity contribution in [1.29, 1.82) is 0 Å². The smallest absolute Gasteiger partial charge is 0.417 e. The molecule has 0 saturated carbocycles. The van der Waals surface area contributed by atoms with Crippen molar-refractivity contribution in [3.05, 3.63) is 35.9 Å². The van der Waals surface area contributed by atoms with Gasteiger partial charge in [0.15, 0.2) is 0 Å². The SMILES string of the molecule is CCCC(=O)N1C(=O)OC(C)(C)[C@@H]1Cc1ccccc1. The molecule has 0 spiro atoms. The van der Waals surface area contributed by atoms with E-state index in [1.807, 2.05) is 51.1 Å². The fourth-order valence-corrected chi connectivity index (χ4v) is 2.56. The summed E-state index contributed by atoms with van der Waals surface area (Å²) in [7, 11) is 0. The predicted molar refractivity (Wildman–Crippen MR) is 76.2 cm³/mol. The Hall–Kier alpha value is -1.84. The topological polar surface area (TPSA) is 46.6 Å². The van der Waals surface area contributed by atoms with Crippen LogP contribution in [-0.2, 0) is 16.0 Å². The quantitative estimate of drug-likeness (QED) is 0.848. The second-order valence-electron chi connectivity index (χ2n) is 5.69. The minimum Gasteiger partial charge on any atom is -0.441 e. The number of cyclic esters (lactones) is 1. The first-order valence-corrected chi connectivity index (χ1v) is 7.04. The summed E-state index contributed by atoms with van der Waals surface area (Å²) < 4.78 is 5.38. The van der Waals surface area contributed by atoms with Crippen LogP contribution in [0.1, 0.15) is 39.2 Å². The predicted octanol–water partition coefficient (Wildman–Crippen LogP) is 3.16. The Balaban J connectivity index is 2.25. The lowest BCUT2D eigenvalue weighted by Gasteiger charge is -2.28. The zero-order valence-electron chi connectivity index (χ0n) is 12.3. The summed E-state index contributed by atoms with van der Waals surface area (Å²) in [5.41, 5.74) is 0.439. The van der Waals surface area contributed by atoms with Gasteiger partial charge < -0.3 is 4.74 Å². The maximum absolute atomic E-state index is 12.2. The number of ether oxygens (including phenoxy) is 1.